The Labute approximate surface area is 145 Å². The third-order valence-electron chi connectivity index (χ3n) is 4.65. The number of hydrogen-bond donors (Lipinski definition) is 0. The molecular weight excluding hydrogens is 288 g/mol. The van der Waals surface area contributed by atoms with Crippen LogP contribution in [-0.2, 0) is 0 Å². The van der Waals surface area contributed by atoms with Crippen LogP contribution < -0.4 is 0 Å². The van der Waals surface area contributed by atoms with Gasteiger partial charge in [0.1, 0.15) is 0 Å². The van der Waals surface area contributed by atoms with E-state index in [-0.39, 0.29) is 5.38 Å². The number of hydrogen-bond acceptors (Lipinski definition) is 0. The van der Waals surface area contributed by atoms with Gasteiger partial charge in [0.15, 0.2) is 0 Å². The van der Waals surface area contributed by atoms with Gasteiger partial charge >= 0.3 is 0 Å². The highest BCUT2D eigenvalue weighted by Gasteiger charge is 2.29. The molecule has 1 aliphatic carbocycles. The molecule has 0 bridgehead atoms. The average molecular weight is 327 g/mol. The first-order valence-corrected chi connectivity index (χ1v) is 9.57. The van der Waals surface area contributed by atoms with Crippen LogP contribution in [0.4, 0.5) is 0 Å². The fourth-order valence-electron chi connectivity index (χ4n) is 2.61. The van der Waals surface area contributed by atoms with Crippen molar-refractivity contribution < 1.29 is 0 Å². The molecule has 0 aromatic rings. The van der Waals surface area contributed by atoms with Crippen molar-refractivity contribution in [3.63, 3.8) is 0 Å². The van der Waals surface area contributed by atoms with Crippen molar-refractivity contribution in [1.82, 2.24) is 0 Å². The van der Waals surface area contributed by atoms with Crippen molar-refractivity contribution in [3.8, 4) is 0 Å². The molecule has 0 radical (unpaired) electrons. The fraction of sp³-hybridized carbons (Fsp3) is 0.714. The van der Waals surface area contributed by atoms with Gasteiger partial charge in [-0.3, -0.25) is 0 Å². The standard InChI is InChI=1S/C17H27Cl.2C2H6/c1-6-14(4)17(5,7-2)12-13(3)15-9-8-10-16(18)11-15;2*1-2/h8-9,11,14,16H,3,6-7,10,12H2,1-2,4-5H3;2*1-2H3. The first-order valence-electron chi connectivity index (χ1n) is 9.13. The van der Waals surface area contributed by atoms with E-state index in [0.717, 1.165) is 18.8 Å². The molecule has 0 aromatic heterocycles. The lowest BCUT2D eigenvalue weighted by Gasteiger charge is -2.35. The third kappa shape index (κ3) is 7.68. The molecule has 0 amide bonds. The molecule has 0 heterocycles. The van der Waals surface area contributed by atoms with Gasteiger partial charge in [0, 0.05) is 0 Å². The first kappa shape index (κ1) is 23.8. The van der Waals surface area contributed by atoms with Crippen molar-refractivity contribution in [2.45, 2.75) is 86.5 Å². The number of alkyl halides is 1. The molecule has 1 rings (SSSR count). The van der Waals surface area contributed by atoms with E-state index in [1.165, 1.54) is 24.0 Å². The van der Waals surface area contributed by atoms with Crippen LogP contribution in [0.1, 0.15) is 81.1 Å². The lowest BCUT2D eigenvalue weighted by Crippen LogP contribution is -2.25. The molecule has 3 atom stereocenters. The van der Waals surface area contributed by atoms with E-state index in [2.05, 4.69) is 52.5 Å². The summed E-state index contributed by atoms with van der Waals surface area (Å²) in [5.74, 6) is 0.721. The van der Waals surface area contributed by atoms with E-state index in [4.69, 9.17) is 11.6 Å². The van der Waals surface area contributed by atoms with Crippen LogP contribution in [0.5, 0.6) is 0 Å². The predicted molar refractivity (Wildman–Crippen MR) is 106 cm³/mol. The molecule has 0 nitrogen and oxygen atoms in total. The van der Waals surface area contributed by atoms with Gasteiger partial charge in [0.25, 0.3) is 0 Å². The van der Waals surface area contributed by atoms with Crippen LogP contribution >= 0.6 is 11.6 Å². The van der Waals surface area contributed by atoms with Crippen molar-refractivity contribution in [1.29, 1.82) is 0 Å². The molecule has 0 aliphatic heterocycles. The van der Waals surface area contributed by atoms with Gasteiger partial charge < -0.3 is 0 Å². The van der Waals surface area contributed by atoms with Crippen molar-refractivity contribution in [2.75, 3.05) is 0 Å². The second-order valence-electron chi connectivity index (χ2n) is 5.87. The minimum Gasteiger partial charge on any atom is -0.118 e. The highest BCUT2D eigenvalue weighted by Crippen LogP contribution is 2.40. The van der Waals surface area contributed by atoms with Gasteiger partial charge in [0.05, 0.1) is 5.38 Å². The van der Waals surface area contributed by atoms with E-state index < -0.39 is 0 Å². The van der Waals surface area contributed by atoms with E-state index in [1.807, 2.05) is 27.7 Å². The van der Waals surface area contributed by atoms with Gasteiger partial charge in [-0.25, -0.2) is 0 Å². The maximum Gasteiger partial charge on any atom is 0.0559 e. The Balaban J connectivity index is 0. The number of allylic oxidation sites excluding steroid dienone is 5. The van der Waals surface area contributed by atoms with Gasteiger partial charge in [-0.2, -0.15) is 0 Å². The minimum atomic E-state index is 0.137. The van der Waals surface area contributed by atoms with Gasteiger partial charge in [-0.15, -0.1) is 11.6 Å². The van der Waals surface area contributed by atoms with Crippen molar-refractivity contribution >= 4 is 11.6 Å². The predicted octanol–water partition coefficient (Wildman–Crippen LogP) is 7.94. The Kier molecular flexibility index (Phi) is 14.0. The van der Waals surface area contributed by atoms with E-state index >= 15 is 0 Å². The molecule has 0 fully saturated rings. The average Bonchev–Trinajstić information content (AvgIpc) is 2.57. The van der Waals surface area contributed by atoms with Crippen LogP contribution in [0.25, 0.3) is 0 Å². The summed E-state index contributed by atoms with van der Waals surface area (Å²) in [5, 5.41) is 0.137. The molecule has 1 heteroatoms. The summed E-state index contributed by atoms with van der Waals surface area (Å²) in [6.07, 6.45) is 10.9. The largest absolute Gasteiger partial charge is 0.118 e. The van der Waals surface area contributed by atoms with Crippen LogP contribution in [0.3, 0.4) is 0 Å². The number of halogens is 1. The van der Waals surface area contributed by atoms with Crippen LogP contribution in [0.2, 0.25) is 0 Å². The van der Waals surface area contributed by atoms with Crippen LogP contribution in [0, 0.1) is 11.3 Å². The normalized spacial score (nSPS) is 20.4. The fourth-order valence-corrected chi connectivity index (χ4v) is 2.85. The zero-order valence-corrected chi connectivity index (χ0v) is 17.1. The molecule has 0 saturated carbocycles. The molecule has 3 unspecified atom stereocenters. The summed E-state index contributed by atoms with van der Waals surface area (Å²) in [7, 11) is 0. The highest BCUT2D eigenvalue weighted by molar-refractivity contribution is 6.22. The Morgan fingerprint density at radius 3 is 2.27 bits per heavy atom. The van der Waals surface area contributed by atoms with Crippen molar-refractivity contribution in [2.24, 2.45) is 11.3 Å². The monoisotopic (exact) mass is 326 g/mol. The summed E-state index contributed by atoms with van der Waals surface area (Å²) in [5.41, 5.74) is 2.82. The van der Waals surface area contributed by atoms with Crippen molar-refractivity contribution in [3.05, 3.63) is 36.0 Å². The molecule has 0 N–H and O–H groups in total. The second kappa shape index (κ2) is 13.0. The zero-order valence-electron chi connectivity index (χ0n) is 16.3. The Hall–Kier alpha value is -0.490. The van der Waals surface area contributed by atoms with E-state index in [0.29, 0.717) is 5.41 Å². The smallest absolute Gasteiger partial charge is 0.0559 e. The molecule has 0 saturated heterocycles. The van der Waals surface area contributed by atoms with Gasteiger partial charge in [-0.1, -0.05) is 93.0 Å². The Morgan fingerprint density at radius 2 is 1.86 bits per heavy atom. The lowest BCUT2D eigenvalue weighted by atomic mass is 9.70. The quantitative estimate of drug-likeness (QED) is 0.434. The number of rotatable bonds is 6. The molecule has 130 valence electrons. The maximum atomic E-state index is 6.18. The molecular formula is C21H39Cl. The summed E-state index contributed by atoms with van der Waals surface area (Å²) in [6.45, 7) is 21.6. The summed E-state index contributed by atoms with van der Waals surface area (Å²) in [4.78, 5) is 0. The highest BCUT2D eigenvalue weighted by atomic mass is 35.5. The van der Waals surface area contributed by atoms with Crippen LogP contribution in [0.15, 0.2) is 36.0 Å². The van der Waals surface area contributed by atoms with Gasteiger partial charge in [0.2, 0.25) is 0 Å². The Bertz CT molecular complexity index is 351. The van der Waals surface area contributed by atoms with E-state index in [9.17, 15) is 0 Å². The SMILES string of the molecule is C=C(CC(C)(CC)C(C)CC)C1=CC(Cl)CC=C1.CC.CC. The minimum absolute atomic E-state index is 0.137. The molecule has 22 heavy (non-hydrogen) atoms. The summed E-state index contributed by atoms with van der Waals surface area (Å²) in [6, 6.07) is 0. The third-order valence-corrected chi connectivity index (χ3v) is 4.96. The first-order chi connectivity index (χ1) is 10.4. The molecule has 0 spiro atoms. The summed E-state index contributed by atoms with van der Waals surface area (Å²) < 4.78 is 0. The molecule has 0 aromatic carbocycles. The second-order valence-corrected chi connectivity index (χ2v) is 6.43. The maximum absolute atomic E-state index is 6.18. The zero-order chi connectivity index (χ0) is 17.8. The van der Waals surface area contributed by atoms with Gasteiger partial charge in [-0.05, 0) is 35.3 Å². The van der Waals surface area contributed by atoms with Crippen LogP contribution in [-0.4, -0.2) is 5.38 Å². The summed E-state index contributed by atoms with van der Waals surface area (Å²) >= 11 is 6.18. The lowest BCUT2D eigenvalue weighted by molar-refractivity contribution is 0.186. The Morgan fingerprint density at radius 1 is 1.32 bits per heavy atom. The van der Waals surface area contributed by atoms with E-state index in [1.54, 1.807) is 0 Å². The topological polar surface area (TPSA) is 0 Å². The molecule has 1 aliphatic rings.